The Morgan fingerprint density at radius 3 is 2.51 bits per heavy atom. The van der Waals surface area contributed by atoms with Crippen LogP contribution in [-0.2, 0) is 57.9 Å². The number of carbonyl (C=O) groups excluding carboxylic acids is 4. The highest BCUT2D eigenvalue weighted by Crippen LogP contribution is 2.43. The summed E-state index contributed by atoms with van der Waals surface area (Å²) in [6.07, 6.45) is 3.78. The highest BCUT2D eigenvalue weighted by Gasteiger charge is 2.43. The lowest BCUT2D eigenvalue weighted by molar-refractivity contribution is -0.155. The number of rotatable bonds is 10. The summed E-state index contributed by atoms with van der Waals surface area (Å²) in [4.78, 5) is 72.9. The van der Waals surface area contributed by atoms with E-state index in [0.717, 1.165) is 70.8 Å². The summed E-state index contributed by atoms with van der Waals surface area (Å²) >= 11 is 1.38. The number of thiazole rings is 1. The molecule has 8 rings (SSSR count). The number of hydrogen-bond donors (Lipinski definition) is 2. The molecule has 3 saturated heterocycles. The number of amides is 3. The first-order valence-corrected chi connectivity index (χ1v) is 27.0. The molecule has 4 aliphatic rings. The lowest BCUT2D eigenvalue weighted by Gasteiger charge is -2.36. The number of cyclic esters (lactones) is 1. The molecule has 2 N–H and O–H groups in total. The maximum Gasteiger partial charge on any atom is 0.324 e. The zero-order valence-corrected chi connectivity index (χ0v) is 43.2. The first-order valence-electron chi connectivity index (χ1n) is 24.4. The van der Waals surface area contributed by atoms with E-state index in [2.05, 4.69) is 77.2 Å². The molecule has 3 aromatic heterocycles. The number of esters is 1. The topological polar surface area (TPSA) is 189 Å². The van der Waals surface area contributed by atoms with Crippen molar-refractivity contribution in [2.75, 3.05) is 71.2 Å². The first kappa shape index (κ1) is 50.4. The predicted octanol–water partition coefficient (Wildman–Crippen LogP) is 5.01. The smallest absolute Gasteiger partial charge is 0.324 e. The molecule has 3 fully saturated rings. The third-order valence-electron chi connectivity index (χ3n) is 14.4. The molecule has 5 atom stereocenters. The Bertz CT molecular complexity index is 2690. The molecule has 17 nitrogen and oxygen atoms in total. The van der Waals surface area contributed by atoms with Crippen LogP contribution in [0.25, 0.3) is 33.4 Å². The Morgan fingerprint density at radius 2 is 1.83 bits per heavy atom. The molecule has 6 bridgehead atoms. The largest absolute Gasteiger partial charge is 0.464 e. The van der Waals surface area contributed by atoms with Crippen molar-refractivity contribution in [1.29, 1.82) is 0 Å². The van der Waals surface area contributed by atoms with Gasteiger partial charge in [-0.25, -0.2) is 18.8 Å². The Balaban J connectivity index is 1.21. The van der Waals surface area contributed by atoms with Crippen molar-refractivity contribution in [3.63, 3.8) is 0 Å². The fourth-order valence-corrected chi connectivity index (χ4v) is 13.2. The second kappa shape index (κ2) is 20.4. The number of ether oxygens (including phenoxy) is 2. The van der Waals surface area contributed by atoms with Gasteiger partial charge in [0.05, 0.1) is 52.4 Å². The van der Waals surface area contributed by atoms with Gasteiger partial charge in [-0.15, -0.1) is 11.3 Å². The number of pyridine rings is 1. The molecule has 69 heavy (non-hydrogen) atoms. The van der Waals surface area contributed by atoms with Gasteiger partial charge in [0.1, 0.15) is 23.4 Å². The molecular formula is C50H69N9O8S2. The number of nitrogens with one attached hydrogen (secondary N) is 2. The predicted molar refractivity (Wildman–Crippen MR) is 267 cm³/mol. The highest BCUT2D eigenvalue weighted by atomic mass is 32.2. The van der Waals surface area contributed by atoms with Crippen LogP contribution in [0, 0.1) is 11.3 Å². The molecule has 0 radical (unpaired) electrons. The second-order valence-electron chi connectivity index (χ2n) is 20.4. The van der Waals surface area contributed by atoms with Crippen LogP contribution >= 0.6 is 11.3 Å². The zero-order chi connectivity index (χ0) is 49.5. The maximum atomic E-state index is 14.6. The molecule has 0 aliphatic carbocycles. The third-order valence-corrected chi connectivity index (χ3v) is 17.4. The molecule has 1 aromatic carbocycles. The molecule has 7 heterocycles. The summed E-state index contributed by atoms with van der Waals surface area (Å²) in [5.74, 6) is -2.67. The molecular weight excluding hydrogens is 919 g/mol. The number of benzene rings is 1. The Morgan fingerprint density at radius 1 is 1.07 bits per heavy atom. The van der Waals surface area contributed by atoms with Crippen LogP contribution in [0.1, 0.15) is 89.6 Å². The summed E-state index contributed by atoms with van der Waals surface area (Å²) in [6.45, 7) is 16.7. The summed E-state index contributed by atoms with van der Waals surface area (Å²) in [6, 6.07) is 5.61. The molecule has 4 aromatic rings. The standard InChI is InChI=1S/C50H69N9O8S2/c1-10-58-40-16-15-32-23-34(40)36(45(58)35-24-33(27-51-43(35)31(4)66-9)57-20-18-55(7)19-21-57)26-50(5,6)29-67-49(63)37-13-11-17-59(54-37)47(61)38(25-42-52-39(32)28-68-42)53-46(60)44(30(2)3)56(8)48(62)41-14-12-22-69(41,64)65/h15-16,23-24,27-28,30-31,37-38,41,44,54H,10-14,17-22,25-26,29H2,1-9H3,(H,53,60)/t31-,37-,38-,41+,44-/m0/s1. The van der Waals surface area contributed by atoms with Gasteiger partial charge in [-0.05, 0) is 82.7 Å². The van der Waals surface area contributed by atoms with E-state index in [1.165, 1.54) is 28.3 Å². The number of aromatic nitrogens is 3. The van der Waals surface area contributed by atoms with Crippen LogP contribution in [-0.4, -0.2) is 151 Å². The first-order chi connectivity index (χ1) is 32.8. The van der Waals surface area contributed by atoms with Crippen molar-refractivity contribution in [1.82, 2.24) is 40.1 Å². The van der Waals surface area contributed by atoms with Gasteiger partial charge in [-0.3, -0.25) is 29.2 Å². The molecule has 374 valence electrons. The highest BCUT2D eigenvalue weighted by molar-refractivity contribution is 7.93. The van der Waals surface area contributed by atoms with E-state index in [4.69, 9.17) is 19.4 Å². The van der Waals surface area contributed by atoms with Crippen LogP contribution in [0.5, 0.6) is 0 Å². The van der Waals surface area contributed by atoms with Gasteiger partial charge >= 0.3 is 5.97 Å². The maximum absolute atomic E-state index is 14.6. The molecule has 0 unspecified atom stereocenters. The number of piperazine rings is 1. The lowest BCUT2D eigenvalue weighted by atomic mass is 9.84. The van der Waals surface area contributed by atoms with E-state index < -0.39 is 68.2 Å². The number of nitrogens with zero attached hydrogens (tertiary/aromatic N) is 7. The number of aryl methyl sites for hydroxylation is 1. The van der Waals surface area contributed by atoms with E-state index in [-0.39, 0.29) is 37.9 Å². The SMILES string of the molecule is CCn1c(-c2cc(N3CCN(C)CC3)cnc2[C@H](C)OC)c2c3cc(ccc31)-c1csc(n1)C[C@H](NC(=O)[C@H](C(C)C)N(C)C(=O)[C@H]1CCCS1(=O)=O)C(=O)N1CCC[C@H](N1)C(=O)OCC(C)(C)C2. The lowest BCUT2D eigenvalue weighted by Crippen LogP contribution is -2.62. The van der Waals surface area contributed by atoms with Crippen molar-refractivity contribution in [3.8, 4) is 22.5 Å². The van der Waals surface area contributed by atoms with E-state index >= 15 is 0 Å². The van der Waals surface area contributed by atoms with Gasteiger partial charge in [-0.2, -0.15) is 0 Å². The molecule has 3 amide bonds. The van der Waals surface area contributed by atoms with Crippen LogP contribution in [0.4, 0.5) is 5.69 Å². The van der Waals surface area contributed by atoms with Crippen molar-refractivity contribution in [2.45, 2.75) is 116 Å². The van der Waals surface area contributed by atoms with E-state index in [0.29, 0.717) is 42.9 Å². The average molecular weight is 988 g/mol. The van der Waals surface area contributed by atoms with Crippen LogP contribution < -0.4 is 15.6 Å². The number of fused-ring (bicyclic) bond motifs is 6. The number of sulfone groups is 1. The minimum atomic E-state index is -3.64. The molecule has 4 aliphatic heterocycles. The summed E-state index contributed by atoms with van der Waals surface area (Å²) in [7, 11) is 1.66. The Labute approximate surface area is 410 Å². The summed E-state index contributed by atoms with van der Waals surface area (Å²) in [5, 5.41) is 6.72. The van der Waals surface area contributed by atoms with Gasteiger partial charge in [0.25, 0.3) is 5.91 Å². The Kier molecular flexibility index (Phi) is 14.9. The fraction of sp³-hybridized carbons (Fsp3) is 0.600. The molecule has 19 heteroatoms. The number of anilines is 1. The summed E-state index contributed by atoms with van der Waals surface area (Å²) < 4.78 is 40.1. The minimum absolute atomic E-state index is 0.0250. The van der Waals surface area contributed by atoms with Crippen molar-refractivity contribution >= 4 is 61.5 Å². The van der Waals surface area contributed by atoms with Crippen LogP contribution in [0.15, 0.2) is 35.8 Å². The van der Waals surface area contributed by atoms with Crippen LogP contribution in [0.2, 0.25) is 0 Å². The fourth-order valence-electron chi connectivity index (χ4n) is 10.5. The quantitative estimate of drug-likeness (QED) is 0.202. The number of likely N-dealkylation sites (N-methyl/N-ethyl adjacent to an activating group) is 2. The number of hydrogen-bond acceptors (Lipinski definition) is 14. The molecule has 0 saturated carbocycles. The van der Waals surface area contributed by atoms with Gasteiger partial charge in [0.2, 0.25) is 11.8 Å². The van der Waals surface area contributed by atoms with Crippen molar-refractivity contribution in [2.24, 2.45) is 11.3 Å². The van der Waals surface area contributed by atoms with Gasteiger partial charge in [0.15, 0.2) is 9.84 Å². The van der Waals surface area contributed by atoms with E-state index in [1.807, 2.05) is 18.5 Å². The monoisotopic (exact) mass is 987 g/mol. The van der Waals surface area contributed by atoms with Crippen molar-refractivity contribution in [3.05, 3.63) is 52.1 Å². The zero-order valence-electron chi connectivity index (χ0n) is 41.5. The number of carbonyl (C=O) groups is 4. The van der Waals surface area contributed by atoms with E-state index in [9.17, 15) is 27.6 Å². The van der Waals surface area contributed by atoms with E-state index in [1.54, 1.807) is 21.0 Å². The molecule has 0 spiro atoms. The Hall–Kier alpha value is -4.95. The average Bonchev–Trinajstić information content (AvgIpc) is 4.03. The van der Waals surface area contributed by atoms with Gasteiger partial charge in [0, 0.05) is 92.7 Å². The van der Waals surface area contributed by atoms with Gasteiger partial charge in [-0.1, -0.05) is 33.8 Å². The van der Waals surface area contributed by atoms with Gasteiger partial charge < -0.3 is 34.1 Å². The summed E-state index contributed by atoms with van der Waals surface area (Å²) in [5.41, 5.74) is 10.2. The normalized spacial score (nSPS) is 23.1. The number of hydrazine groups is 1. The van der Waals surface area contributed by atoms with Crippen molar-refractivity contribution < 1.29 is 37.1 Å². The third kappa shape index (κ3) is 10.4. The second-order valence-corrected chi connectivity index (χ2v) is 23.6. The number of methoxy groups -OCH3 is 1. The minimum Gasteiger partial charge on any atom is -0.464 e. The van der Waals surface area contributed by atoms with Crippen LogP contribution in [0.3, 0.4) is 0 Å².